The van der Waals surface area contributed by atoms with E-state index in [2.05, 4.69) is 0 Å². The Bertz CT molecular complexity index is 904. The second-order valence-corrected chi connectivity index (χ2v) is 7.68. The summed E-state index contributed by atoms with van der Waals surface area (Å²) in [5, 5.41) is 1.38. The van der Waals surface area contributed by atoms with E-state index in [0.29, 0.717) is 19.4 Å². The van der Waals surface area contributed by atoms with Gasteiger partial charge in [-0.05, 0) is 60.4 Å². The first kappa shape index (κ1) is 18.8. The van der Waals surface area contributed by atoms with Crippen LogP contribution in [0.1, 0.15) is 24.3 Å². The maximum atomic E-state index is 14.0. The van der Waals surface area contributed by atoms with E-state index in [1.165, 1.54) is 29.0 Å². The summed E-state index contributed by atoms with van der Waals surface area (Å²) < 4.78 is 24.3. The topological polar surface area (TPSA) is 65.1 Å². The van der Waals surface area contributed by atoms with E-state index in [0.717, 1.165) is 21.1 Å². The van der Waals surface area contributed by atoms with Crippen LogP contribution in [0.4, 0.5) is 4.39 Å². The Morgan fingerprint density at radius 2 is 1.93 bits per heavy atom. The molecule has 0 radical (unpaired) electrons. The largest absolute Gasteiger partial charge is 0.497 e. The number of esters is 1. The highest BCUT2D eigenvalue weighted by Crippen LogP contribution is 2.41. The summed E-state index contributed by atoms with van der Waals surface area (Å²) in [4.78, 5) is 29.8. The van der Waals surface area contributed by atoms with E-state index in [4.69, 9.17) is 14.3 Å². The van der Waals surface area contributed by atoms with Gasteiger partial charge in [0.2, 0.25) is 0 Å². The number of methoxy groups -OCH3 is 1. The zero-order valence-electron chi connectivity index (χ0n) is 15.1. The predicted molar refractivity (Wildman–Crippen MR) is 98.2 cm³/mol. The summed E-state index contributed by atoms with van der Waals surface area (Å²) >= 11 is 1.54. The molecular formula is C20H18FNO5S. The van der Waals surface area contributed by atoms with Gasteiger partial charge in [0.25, 0.3) is 0 Å². The van der Waals surface area contributed by atoms with Crippen LogP contribution in [0.25, 0.3) is 0 Å². The lowest BCUT2D eigenvalue weighted by atomic mass is 9.89. The maximum absolute atomic E-state index is 14.0. The number of fused-ring (bicyclic) bond motifs is 1. The first-order valence-corrected chi connectivity index (χ1v) is 9.66. The number of hydrogen-bond acceptors (Lipinski definition) is 7. The summed E-state index contributed by atoms with van der Waals surface area (Å²) in [6.07, 6.45) is 0.436. The number of benzene rings is 2. The van der Waals surface area contributed by atoms with Crippen molar-refractivity contribution in [1.29, 1.82) is 0 Å². The van der Waals surface area contributed by atoms with Gasteiger partial charge in [-0.15, -0.1) is 0 Å². The highest BCUT2D eigenvalue weighted by molar-refractivity contribution is 7.99. The number of ether oxygens (including phenoxy) is 2. The lowest BCUT2D eigenvalue weighted by Crippen LogP contribution is -2.51. The Kier molecular flexibility index (Phi) is 5.23. The van der Waals surface area contributed by atoms with Gasteiger partial charge in [0.05, 0.1) is 7.11 Å². The molecule has 2 aliphatic rings. The van der Waals surface area contributed by atoms with Gasteiger partial charge >= 0.3 is 11.9 Å². The molecule has 0 bridgehead atoms. The number of hydroxylamine groups is 2. The number of rotatable bonds is 4. The van der Waals surface area contributed by atoms with Crippen molar-refractivity contribution in [3.05, 3.63) is 53.8 Å². The third kappa shape index (κ3) is 3.83. The zero-order valence-corrected chi connectivity index (χ0v) is 15.9. The summed E-state index contributed by atoms with van der Waals surface area (Å²) in [6.45, 7) is 0.414. The van der Waals surface area contributed by atoms with Crippen LogP contribution >= 0.6 is 11.8 Å². The van der Waals surface area contributed by atoms with Crippen LogP contribution < -0.4 is 4.74 Å². The number of halogens is 1. The SMILES string of the molecule is COc1ccc(Sc2ccc(F)cc2C2CCN3OC(=O)C(=O)OC3C2)cc1. The summed E-state index contributed by atoms with van der Waals surface area (Å²) in [7, 11) is 1.61. The van der Waals surface area contributed by atoms with E-state index < -0.39 is 18.2 Å². The van der Waals surface area contributed by atoms with E-state index >= 15 is 0 Å². The summed E-state index contributed by atoms with van der Waals surface area (Å²) in [6, 6.07) is 12.4. The molecule has 2 unspecified atom stereocenters. The molecule has 146 valence electrons. The van der Waals surface area contributed by atoms with Gasteiger partial charge in [-0.2, -0.15) is 0 Å². The van der Waals surface area contributed by atoms with Gasteiger partial charge in [-0.25, -0.2) is 14.0 Å². The van der Waals surface area contributed by atoms with E-state index in [1.54, 1.807) is 13.2 Å². The molecule has 0 aromatic heterocycles. The molecule has 2 fully saturated rings. The normalized spacial score (nSPS) is 22.2. The van der Waals surface area contributed by atoms with E-state index in [-0.39, 0.29) is 11.7 Å². The third-order valence-electron chi connectivity index (χ3n) is 4.81. The lowest BCUT2D eigenvalue weighted by molar-refractivity contribution is -0.275. The Morgan fingerprint density at radius 3 is 2.68 bits per heavy atom. The molecule has 6 nitrogen and oxygen atoms in total. The molecule has 2 saturated heterocycles. The molecule has 0 amide bonds. The second-order valence-electron chi connectivity index (χ2n) is 6.56. The standard InChI is InChI=1S/C20H18FNO5S/c1-25-14-3-5-15(6-4-14)28-17-7-2-13(21)11-16(17)12-8-9-22-18(10-12)26-19(23)20(24)27-22/h2-7,11-12,18H,8-10H2,1H3. The van der Waals surface area contributed by atoms with Gasteiger partial charge in [0, 0.05) is 22.8 Å². The van der Waals surface area contributed by atoms with Gasteiger partial charge in [0.1, 0.15) is 11.6 Å². The van der Waals surface area contributed by atoms with Gasteiger partial charge in [0.15, 0.2) is 6.23 Å². The minimum atomic E-state index is -1.00. The van der Waals surface area contributed by atoms with Crippen LogP contribution in [-0.4, -0.2) is 36.9 Å². The fourth-order valence-electron chi connectivity index (χ4n) is 3.42. The molecule has 4 rings (SSSR count). The van der Waals surface area contributed by atoms with Crippen LogP contribution in [-0.2, 0) is 19.2 Å². The Morgan fingerprint density at radius 1 is 1.14 bits per heavy atom. The predicted octanol–water partition coefficient (Wildman–Crippen LogP) is 3.51. The molecule has 0 saturated carbocycles. The van der Waals surface area contributed by atoms with E-state index in [1.807, 2.05) is 24.3 Å². The average Bonchev–Trinajstić information content (AvgIpc) is 2.70. The molecule has 28 heavy (non-hydrogen) atoms. The van der Waals surface area contributed by atoms with Crippen LogP contribution in [0.5, 0.6) is 5.75 Å². The smallest absolute Gasteiger partial charge is 0.436 e. The fraction of sp³-hybridized carbons (Fsp3) is 0.300. The number of hydrogen-bond donors (Lipinski definition) is 0. The molecule has 0 N–H and O–H groups in total. The molecule has 0 aliphatic carbocycles. The van der Waals surface area contributed by atoms with Crippen molar-refractivity contribution in [2.45, 2.75) is 34.8 Å². The minimum absolute atomic E-state index is 0.0256. The summed E-state index contributed by atoms with van der Waals surface area (Å²) in [5.41, 5.74) is 0.855. The Balaban J connectivity index is 1.56. The quantitative estimate of drug-likeness (QED) is 0.572. The molecule has 2 aromatic carbocycles. The van der Waals surface area contributed by atoms with Gasteiger partial charge in [-0.1, -0.05) is 16.8 Å². The van der Waals surface area contributed by atoms with E-state index in [9.17, 15) is 14.0 Å². The lowest BCUT2D eigenvalue weighted by Gasteiger charge is -2.39. The maximum Gasteiger partial charge on any atom is 0.436 e. The number of carbonyl (C=O) groups is 2. The van der Waals surface area contributed by atoms with Crippen LogP contribution in [0.15, 0.2) is 52.3 Å². The van der Waals surface area contributed by atoms with Crippen molar-refractivity contribution in [2.24, 2.45) is 0 Å². The number of carbonyl (C=O) groups excluding carboxylic acids is 2. The molecule has 2 aliphatic heterocycles. The molecule has 0 spiro atoms. The monoisotopic (exact) mass is 403 g/mol. The highest BCUT2D eigenvalue weighted by Gasteiger charge is 2.41. The first-order valence-electron chi connectivity index (χ1n) is 8.84. The van der Waals surface area contributed by atoms with Crippen LogP contribution in [0, 0.1) is 5.82 Å². The Hall–Kier alpha value is -2.58. The van der Waals surface area contributed by atoms with Gasteiger partial charge in [-0.3, -0.25) is 0 Å². The minimum Gasteiger partial charge on any atom is -0.497 e. The molecule has 2 heterocycles. The highest BCUT2D eigenvalue weighted by atomic mass is 32.2. The molecular weight excluding hydrogens is 385 g/mol. The molecule has 2 aromatic rings. The number of nitrogens with zero attached hydrogens (tertiary/aromatic N) is 1. The Labute approximate surface area is 165 Å². The molecule has 2 atom stereocenters. The van der Waals surface area contributed by atoms with Crippen LogP contribution in [0.2, 0.25) is 0 Å². The van der Waals surface area contributed by atoms with Gasteiger partial charge < -0.3 is 14.3 Å². The van der Waals surface area contributed by atoms with Crippen molar-refractivity contribution in [3.63, 3.8) is 0 Å². The zero-order chi connectivity index (χ0) is 19.7. The third-order valence-corrected chi connectivity index (χ3v) is 5.91. The second kappa shape index (κ2) is 7.81. The van der Waals surface area contributed by atoms with Crippen molar-refractivity contribution in [3.8, 4) is 5.75 Å². The van der Waals surface area contributed by atoms with Crippen molar-refractivity contribution >= 4 is 23.7 Å². The summed E-state index contributed by atoms with van der Waals surface area (Å²) in [5.74, 6) is -1.57. The average molecular weight is 403 g/mol. The first-order chi connectivity index (χ1) is 13.5. The van der Waals surface area contributed by atoms with Crippen molar-refractivity contribution < 1.29 is 28.3 Å². The number of piperidine rings is 1. The van der Waals surface area contributed by atoms with Crippen molar-refractivity contribution in [2.75, 3.05) is 13.7 Å². The van der Waals surface area contributed by atoms with Crippen molar-refractivity contribution in [1.82, 2.24) is 5.06 Å². The molecule has 8 heteroatoms. The van der Waals surface area contributed by atoms with Crippen LogP contribution in [0.3, 0.4) is 0 Å². The fourth-order valence-corrected chi connectivity index (χ4v) is 4.42.